The zero-order valence-electron chi connectivity index (χ0n) is 11.9. The van der Waals surface area contributed by atoms with Crippen molar-refractivity contribution in [1.82, 2.24) is 9.97 Å². The molecule has 0 saturated carbocycles. The maximum absolute atomic E-state index is 14.0. The van der Waals surface area contributed by atoms with Crippen LogP contribution >= 0.6 is 11.8 Å². The number of aryl methyl sites for hydroxylation is 2. The third kappa shape index (κ3) is 3.16. The number of aromatic nitrogens is 2. The van der Waals surface area contributed by atoms with Crippen LogP contribution in [-0.4, -0.2) is 15.1 Å². The van der Waals surface area contributed by atoms with Crippen molar-refractivity contribution >= 4 is 11.8 Å². The molecule has 0 saturated heterocycles. The highest BCUT2D eigenvalue weighted by atomic mass is 32.2. The Balaban J connectivity index is 2.31. The minimum absolute atomic E-state index is 0.368. The summed E-state index contributed by atoms with van der Waals surface area (Å²) in [6, 6.07) is 4.71. The molecule has 0 unspecified atom stereocenters. The first kappa shape index (κ1) is 14.9. The van der Waals surface area contributed by atoms with E-state index in [1.807, 2.05) is 20.8 Å². The summed E-state index contributed by atoms with van der Waals surface area (Å²) in [5, 5.41) is 9.97. The smallest absolute Gasteiger partial charge is 0.192 e. The first-order chi connectivity index (χ1) is 9.38. The van der Waals surface area contributed by atoms with Crippen molar-refractivity contribution in [2.45, 2.75) is 43.9 Å². The normalized spacial score (nSPS) is 12.5. The fourth-order valence-corrected chi connectivity index (χ4v) is 2.60. The van der Waals surface area contributed by atoms with Crippen LogP contribution in [0.5, 0.6) is 0 Å². The lowest BCUT2D eigenvalue weighted by molar-refractivity contribution is 0.198. The molecule has 0 aliphatic rings. The van der Waals surface area contributed by atoms with Gasteiger partial charge in [-0.3, -0.25) is 0 Å². The number of halogens is 1. The molecular formula is C15H17FN2OS. The van der Waals surface area contributed by atoms with Crippen molar-refractivity contribution in [2.24, 2.45) is 0 Å². The molecule has 0 fully saturated rings. The zero-order valence-corrected chi connectivity index (χ0v) is 12.8. The van der Waals surface area contributed by atoms with Crippen LogP contribution in [0.2, 0.25) is 0 Å². The zero-order chi connectivity index (χ0) is 14.9. The second-order valence-electron chi connectivity index (χ2n) is 4.77. The lowest BCUT2D eigenvalue weighted by Gasteiger charge is -2.09. The van der Waals surface area contributed by atoms with Gasteiger partial charge >= 0.3 is 0 Å². The summed E-state index contributed by atoms with van der Waals surface area (Å²) in [6.45, 7) is 7.41. The standard InChI is InChI=1S/C15H17FN2OS/c1-8-9(2)17-15(18-10(8)3)20-14-6-5-12(11(4)19)7-13(14)16/h5-7,11,19H,1-4H3/t11-/m1/s1. The van der Waals surface area contributed by atoms with Gasteiger partial charge in [0.25, 0.3) is 0 Å². The summed E-state index contributed by atoms with van der Waals surface area (Å²) in [7, 11) is 0. The van der Waals surface area contributed by atoms with E-state index in [-0.39, 0.29) is 5.82 Å². The van der Waals surface area contributed by atoms with Crippen molar-refractivity contribution in [2.75, 3.05) is 0 Å². The Morgan fingerprint density at radius 1 is 1.15 bits per heavy atom. The van der Waals surface area contributed by atoms with E-state index in [0.29, 0.717) is 15.6 Å². The van der Waals surface area contributed by atoms with Crippen LogP contribution in [0.1, 0.15) is 35.5 Å². The number of aliphatic hydroxyl groups is 1. The Hall–Kier alpha value is -1.46. The number of hydrogen-bond acceptors (Lipinski definition) is 4. The molecule has 20 heavy (non-hydrogen) atoms. The van der Waals surface area contributed by atoms with E-state index < -0.39 is 6.10 Å². The van der Waals surface area contributed by atoms with Crippen molar-refractivity contribution < 1.29 is 9.50 Å². The highest BCUT2D eigenvalue weighted by Gasteiger charge is 2.11. The molecule has 106 valence electrons. The van der Waals surface area contributed by atoms with E-state index in [9.17, 15) is 9.50 Å². The van der Waals surface area contributed by atoms with E-state index in [4.69, 9.17) is 0 Å². The summed E-state index contributed by atoms with van der Waals surface area (Å²) in [6.07, 6.45) is -0.677. The van der Waals surface area contributed by atoms with Gasteiger partial charge in [0, 0.05) is 11.4 Å². The third-order valence-corrected chi connectivity index (χ3v) is 4.17. The maximum Gasteiger partial charge on any atom is 0.192 e. The molecule has 0 bridgehead atoms. The molecule has 1 heterocycles. The van der Waals surface area contributed by atoms with Crippen molar-refractivity contribution in [1.29, 1.82) is 0 Å². The molecule has 5 heteroatoms. The predicted octanol–water partition coefficient (Wildman–Crippen LogP) is 3.75. The van der Waals surface area contributed by atoms with E-state index in [1.165, 1.54) is 17.8 Å². The maximum atomic E-state index is 14.0. The molecule has 1 aromatic heterocycles. The Kier molecular flexibility index (Phi) is 4.40. The summed E-state index contributed by atoms with van der Waals surface area (Å²) in [5.74, 6) is -0.368. The van der Waals surface area contributed by atoms with Crippen LogP contribution in [0, 0.1) is 26.6 Å². The summed E-state index contributed by atoms with van der Waals surface area (Å²) in [4.78, 5) is 9.18. The van der Waals surface area contributed by atoms with Gasteiger partial charge in [-0.2, -0.15) is 0 Å². The van der Waals surface area contributed by atoms with Crippen molar-refractivity contribution in [3.8, 4) is 0 Å². The molecule has 2 aromatic rings. The van der Waals surface area contributed by atoms with Crippen LogP contribution in [0.4, 0.5) is 4.39 Å². The first-order valence-electron chi connectivity index (χ1n) is 6.35. The molecule has 1 atom stereocenters. The van der Waals surface area contributed by atoms with Crippen molar-refractivity contribution in [3.63, 3.8) is 0 Å². The molecular weight excluding hydrogens is 275 g/mol. The first-order valence-corrected chi connectivity index (χ1v) is 7.17. The summed E-state index contributed by atoms with van der Waals surface area (Å²) >= 11 is 1.19. The topological polar surface area (TPSA) is 46.0 Å². The van der Waals surface area contributed by atoms with E-state index >= 15 is 0 Å². The average molecular weight is 292 g/mol. The lowest BCUT2D eigenvalue weighted by atomic mass is 10.1. The lowest BCUT2D eigenvalue weighted by Crippen LogP contribution is -1.98. The van der Waals surface area contributed by atoms with E-state index in [1.54, 1.807) is 19.1 Å². The van der Waals surface area contributed by atoms with Crippen LogP contribution in [-0.2, 0) is 0 Å². The third-order valence-electron chi connectivity index (χ3n) is 3.25. The van der Waals surface area contributed by atoms with Crippen molar-refractivity contribution in [3.05, 3.63) is 46.5 Å². The van der Waals surface area contributed by atoms with Crippen LogP contribution < -0.4 is 0 Å². The quantitative estimate of drug-likeness (QED) is 0.875. The highest BCUT2D eigenvalue weighted by molar-refractivity contribution is 7.99. The Labute approximate surface area is 122 Å². The average Bonchev–Trinajstić information content (AvgIpc) is 2.38. The molecule has 1 aromatic carbocycles. The number of benzene rings is 1. The number of hydrogen-bond donors (Lipinski definition) is 1. The second-order valence-corrected chi connectivity index (χ2v) is 5.78. The molecule has 0 amide bonds. The van der Waals surface area contributed by atoms with Gasteiger partial charge in [-0.1, -0.05) is 6.07 Å². The van der Waals surface area contributed by atoms with Gasteiger partial charge in [-0.15, -0.1) is 0 Å². The van der Waals surface area contributed by atoms with Gasteiger partial charge in [-0.05, 0) is 62.7 Å². The SMILES string of the molecule is Cc1nc(Sc2ccc([C@@H](C)O)cc2F)nc(C)c1C. The molecule has 0 spiro atoms. The van der Waals surface area contributed by atoms with E-state index in [2.05, 4.69) is 9.97 Å². The van der Waals surface area contributed by atoms with Gasteiger partial charge in [0.1, 0.15) is 5.82 Å². The molecule has 1 N–H and O–H groups in total. The molecule has 0 aliphatic heterocycles. The fourth-order valence-electron chi connectivity index (χ4n) is 1.75. The van der Waals surface area contributed by atoms with Crippen LogP contribution in [0.25, 0.3) is 0 Å². The van der Waals surface area contributed by atoms with Gasteiger partial charge < -0.3 is 5.11 Å². The van der Waals surface area contributed by atoms with Gasteiger partial charge in [0.15, 0.2) is 5.16 Å². The van der Waals surface area contributed by atoms with Gasteiger partial charge in [-0.25, -0.2) is 14.4 Å². The minimum atomic E-state index is -0.677. The number of aliphatic hydroxyl groups excluding tert-OH is 1. The Bertz CT molecular complexity index is 621. The molecule has 3 nitrogen and oxygen atoms in total. The van der Waals surface area contributed by atoms with Crippen LogP contribution in [0.3, 0.4) is 0 Å². The predicted molar refractivity (Wildman–Crippen MR) is 77.4 cm³/mol. The Morgan fingerprint density at radius 2 is 1.75 bits per heavy atom. The molecule has 0 aliphatic carbocycles. The Morgan fingerprint density at radius 3 is 2.25 bits per heavy atom. The second kappa shape index (κ2) is 5.89. The van der Waals surface area contributed by atoms with Crippen LogP contribution in [0.15, 0.2) is 28.3 Å². The summed E-state index contributed by atoms with van der Waals surface area (Å²) in [5.41, 5.74) is 3.42. The van der Waals surface area contributed by atoms with E-state index in [0.717, 1.165) is 17.0 Å². The number of rotatable bonds is 3. The van der Waals surface area contributed by atoms with Gasteiger partial charge in [0.2, 0.25) is 0 Å². The molecule has 0 radical (unpaired) electrons. The largest absolute Gasteiger partial charge is 0.389 e. The molecule has 2 rings (SSSR count). The minimum Gasteiger partial charge on any atom is -0.389 e. The monoisotopic (exact) mass is 292 g/mol. The highest BCUT2D eigenvalue weighted by Crippen LogP contribution is 2.29. The fraction of sp³-hybridized carbons (Fsp3) is 0.333. The van der Waals surface area contributed by atoms with Gasteiger partial charge in [0.05, 0.1) is 11.0 Å². The number of nitrogens with zero attached hydrogens (tertiary/aromatic N) is 2. The summed E-state index contributed by atoms with van der Waals surface area (Å²) < 4.78 is 14.0.